The largest absolute Gasteiger partial charge is 0.495 e. The maximum absolute atomic E-state index is 13.4. The van der Waals surface area contributed by atoms with Crippen LogP contribution in [0.5, 0.6) is 5.75 Å². The summed E-state index contributed by atoms with van der Waals surface area (Å²) >= 11 is 0. The molecule has 0 bridgehead atoms. The highest BCUT2D eigenvalue weighted by Gasteiger charge is 2.33. The first-order chi connectivity index (χ1) is 15.9. The smallest absolute Gasteiger partial charge is 0.250 e. The Labute approximate surface area is 192 Å². The van der Waals surface area contributed by atoms with E-state index in [0.29, 0.717) is 29.9 Å². The van der Waals surface area contributed by atoms with Gasteiger partial charge in [0.25, 0.3) is 0 Å². The number of carbonyl (C=O) groups is 1. The summed E-state index contributed by atoms with van der Waals surface area (Å²) in [6, 6.07) is 11.2. The summed E-state index contributed by atoms with van der Waals surface area (Å²) in [4.78, 5) is 19.3. The molecule has 1 aromatic heterocycles. The summed E-state index contributed by atoms with van der Waals surface area (Å²) in [7, 11) is 1.61. The van der Waals surface area contributed by atoms with E-state index < -0.39 is 12.1 Å². The van der Waals surface area contributed by atoms with Gasteiger partial charge in [-0.15, -0.1) is 0 Å². The average Bonchev–Trinajstić information content (AvgIpc) is 3.23. The Balaban J connectivity index is 1.63. The van der Waals surface area contributed by atoms with Crippen LogP contribution in [0, 0.1) is 12.7 Å². The van der Waals surface area contributed by atoms with Gasteiger partial charge in [-0.25, -0.2) is 9.37 Å². The lowest BCUT2D eigenvalue weighted by atomic mass is 9.94. The standard InChI is InChI=1S/C26H28FN3O3/c1-17-15-29(16-28-17)23-11-6-19(14-24(23)33-3)13-21-5-4-12-30(26(21)32)25(18(2)31)20-7-9-22(27)10-8-20/h6-11,13-16,18,25,31H,4-5,12H2,1-3H3/b21-13+/t18-,25-/m0/s1. The molecule has 172 valence electrons. The van der Waals surface area contributed by atoms with Crippen molar-refractivity contribution in [2.75, 3.05) is 13.7 Å². The molecule has 1 saturated heterocycles. The van der Waals surface area contributed by atoms with Crippen LogP contribution >= 0.6 is 0 Å². The summed E-state index contributed by atoms with van der Waals surface area (Å²) in [6.07, 6.45) is 6.17. The van der Waals surface area contributed by atoms with Gasteiger partial charge in [-0.2, -0.15) is 0 Å². The molecule has 1 amide bonds. The van der Waals surface area contributed by atoms with E-state index in [2.05, 4.69) is 4.98 Å². The summed E-state index contributed by atoms with van der Waals surface area (Å²) < 4.78 is 20.9. The number of carbonyl (C=O) groups excluding carboxylic acids is 1. The number of ether oxygens (including phenoxy) is 1. The molecule has 2 heterocycles. The number of nitrogens with zero attached hydrogens (tertiary/aromatic N) is 3. The summed E-state index contributed by atoms with van der Waals surface area (Å²) in [5.74, 6) is 0.205. The van der Waals surface area contributed by atoms with Gasteiger partial charge in [0, 0.05) is 18.3 Å². The molecular formula is C26H28FN3O3. The first kappa shape index (κ1) is 22.7. The molecule has 1 aliphatic rings. The van der Waals surface area contributed by atoms with Gasteiger partial charge in [0.15, 0.2) is 0 Å². The maximum Gasteiger partial charge on any atom is 0.250 e. The first-order valence-corrected chi connectivity index (χ1v) is 11.0. The number of methoxy groups -OCH3 is 1. The van der Waals surface area contributed by atoms with E-state index in [4.69, 9.17) is 4.74 Å². The van der Waals surface area contributed by atoms with E-state index >= 15 is 0 Å². The lowest BCUT2D eigenvalue weighted by Gasteiger charge is -2.37. The highest BCUT2D eigenvalue weighted by molar-refractivity contribution is 5.99. The third-order valence-electron chi connectivity index (χ3n) is 5.92. The van der Waals surface area contributed by atoms with Crippen LogP contribution in [0.4, 0.5) is 4.39 Å². The lowest BCUT2D eigenvalue weighted by molar-refractivity contribution is -0.133. The van der Waals surface area contributed by atoms with E-state index in [-0.39, 0.29) is 11.7 Å². The number of hydrogen-bond donors (Lipinski definition) is 1. The van der Waals surface area contributed by atoms with Gasteiger partial charge in [0.05, 0.1) is 37.0 Å². The van der Waals surface area contributed by atoms with Crippen LogP contribution in [0.3, 0.4) is 0 Å². The Bertz CT molecular complexity index is 1170. The molecule has 2 aromatic carbocycles. The molecule has 33 heavy (non-hydrogen) atoms. The topological polar surface area (TPSA) is 67.6 Å². The van der Waals surface area contributed by atoms with Crippen molar-refractivity contribution in [1.82, 2.24) is 14.5 Å². The third kappa shape index (κ3) is 4.83. The minimum absolute atomic E-state index is 0.121. The Morgan fingerprint density at radius 2 is 1.97 bits per heavy atom. The van der Waals surface area contributed by atoms with Crippen LogP contribution in [0.1, 0.15) is 42.6 Å². The van der Waals surface area contributed by atoms with Gasteiger partial charge >= 0.3 is 0 Å². The molecule has 7 heteroatoms. The molecule has 2 atom stereocenters. The number of aliphatic hydroxyl groups is 1. The van der Waals surface area contributed by atoms with Crippen molar-refractivity contribution in [3.05, 3.63) is 83.2 Å². The van der Waals surface area contributed by atoms with Crippen molar-refractivity contribution < 1.29 is 19.0 Å². The maximum atomic E-state index is 13.4. The molecule has 4 rings (SSSR count). The second-order valence-corrected chi connectivity index (χ2v) is 8.36. The summed E-state index contributed by atoms with van der Waals surface area (Å²) in [5.41, 5.74) is 4.00. The SMILES string of the molecule is COc1cc(/C=C2\CCCN([C@H](c3ccc(F)cc3)[C@H](C)O)C2=O)ccc1-n1cnc(C)c1. The molecule has 0 radical (unpaired) electrons. The van der Waals surface area contributed by atoms with Crippen LogP contribution in [-0.4, -0.2) is 45.2 Å². The molecule has 0 aliphatic carbocycles. The Morgan fingerprint density at radius 3 is 2.61 bits per heavy atom. The molecule has 3 aromatic rings. The summed E-state index contributed by atoms with van der Waals surface area (Å²) in [5, 5.41) is 10.5. The molecule has 1 fully saturated rings. The molecule has 0 unspecified atom stereocenters. The Morgan fingerprint density at radius 1 is 1.21 bits per heavy atom. The van der Waals surface area contributed by atoms with Crippen molar-refractivity contribution in [1.29, 1.82) is 0 Å². The van der Waals surface area contributed by atoms with Gasteiger partial charge < -0.3 is 19.3 Å². The normalized spacial score (nSPS) is 17.3. The van der Waals surface area contributed by atoms with Gasteiger partial charge in [-0.1, -0.05) is 18.2 Å². The third-order valence-corrected chi connectivity index (χ3v) is 5.92. The van der Waals surface area contributed by atoms with Crippen LogP contribution in [0.25, 0.3) is 11.8 Å². The van der Waals surface area contributed by atoms with Crippen LogP contribution < -0.4 is 4.74 Å². The quantitative estimate of drug-likeness (QED) is 0.565. The number of piperidine rings is 1. The van der Waals surface area contributed by atoms with Crippen LogP contribution in [0.15, 0.2) is 60.6 Å². The van der Waals surface area contributed by atoms with Gasteiger partial charge in [0.1, 0.15) is 11.6 Å². The molecule has 6 nitrogen and oxygen atoms in total. The van der Waals surface area contributed by atoms with E-state index in [9.17, 15) is 14.3 Å². The second-order valence-electron chi connectivity index (χ2n) is 8.36. The number of aromatic nitrogens is 2. The predicted molar refractivity (Wildman–Crippen MR) is 125 cm³/mol. The molecular weight excluding hydrogens is 421 g/mol. The van der Waals surface area contributed by atoms with Gasteiger partial charge in [0.2, 0.25) is 5.91 Å². The number of likely N-dealkylation sites (tertiary alicyclic amines) is 1. The predicted octanol–water partition coefficient (Wildman–Crippen LogP) is 4.46. The monoisotopic (exact) mass is 449 g/mol. The summed E-state index contributed by atoms with van der Waals surface area (Å²) in [6.45, 7) is 4.11. The van der Waals surface area contributed by atoms with Crippen molar-refractivity contribution in [3.8, 4) is 11.4 Å². The van der Waals surface area contributed by atoms with E-state index in [1.807, 2.05) is 42.0 Å². The highest BCUT2D eigenvalue weighted by atomic mass is 19.1. The molecule has 1 aliphatic heterocycles. The van der Waals surface area contributed by atoms with Gasteiger partial charge in [-0.3, -0.25) is 4.79 Å². The second kappa shape index (κ2) is 9.58. The number of benzene rings is 2. The van der Waals surface area contributed by atoms with Crippen molar-refractivity contribution in [3.63, 3.8) is 0 Å². The number of halogens is 1. The van der Waals surface area contributed by atoms with E-state index in [0.717, 1.165) is 23.4 Å². The average molecular weight is 450 g/mol. The lowest BCUT2D eigenvalue weighted by Crippen LogP contribution is -2.43. The number of amides is 1. The van der Waals surface area contributed by atoms with Crippen molar-refractivity contribution in [2.24, 2.45) is 0 Å². The Hall–Kier alpha value is -3.45. The zero-order chi connectivity index (χ0) is 23.5. The molecule has 0 saturated carbocycles. The number of aryl methyl sites for hydroxylation is 1. The van der Waals surface area contributed by atoms with E-state index in [1.54, 1.807) is 37.4 Å². The van der Waals surface area contributed by atoms with Crippen LogP contribution in [-0.2, 0) is 4.79 Å². The minimum Gasteiger partial charge on any atom is -0.495 e. The number of hydrogen-bond acceptors (Lipinski definition) is 4. The molecule has 1 N–H and O–H groups in total. The van der Waals surface area contributed by atoms with E-state index in [1.165, 1.54) is 12.1 Å². The highest BCUT2D eigenvalue weighted by Crippen LogP contribution is 2.32. The fraction of sp³-hybridized carbons (Fsp3) is 0.308. The van der Waals surface area contributed by atoms with Crippen molar-refractivity contribution >= 4 is 12.0 Å². The first-order valence-electron chi connectivity index (χ1n) is 11.0. The number of aliphatic hydroxyl groups excluding tert-OH is 1. The zero-order valence-electron chi connectivity index (χ0n) is 19.0. The van der Waals surface area contributed by atoms with Gasteiger partial charge in [-0.05, 0) is 68.2 Å². The van der Waals surface area contributed by atoms with Crippen LogP contribution in [0.2, 0.25) is 0 Å². The fourth-order valence-corrected chi connectivity index (χ4v) is 4.36. The fourth-order valence-electron chi connectivity index (χ4n) is 4.36. The molecule has 0 spiro atoms. The number of imidazole rings is 1. The minimum atomic E-state index is -0.795. The number of rotatable bonds is 6. The Kier molecular flexibility index (Phi) is 6.60. The van der Waals surface area contributed by atoms with Crippen molar-refractivity contribution in [2.45, 2.75) is 38.8 Å². The zero-order valence-corrected chi connectivity index (χ0v) is 19.0.